The van der Waals surface area contributed by atoms with E-state index in [1.807, 2.05) is 47.1 Å². The number of aromatic nitrogens is 2. The van der Waals surface area contributed by atoms with Gasteiger partial charge in [-0.2, -0.15) is 0 Å². The van der Waals surface area contributed by atoms with Crippen molar-refractivity contribution < 1.29 is 121 Å². The fourth-order valence-electron chi connectivity index (χ4n) is 10.2. The number of amides is 12. The minimum absolute atomic E-state index is 0.00812. The summed E-state index contributed by atoms with van der Waals surface area (Å²) in [6, 6.07) is -9.73. The number of hydrogen-bond donors (Lipinski definition) is 22. The van der Waals surface area contributed by atoms with Crippen LogP contribution in [0.1, 0.15) is 98.6 Å². The Morgan fingerprint density at radius 2 is 0.944 bits per heavy atom. The Kier molecular flexibility index (Phi) is 37.3. The summed E-state index contributed by atoms with van der Waals surface area (Å²) >= 11 is 0. The molecule has 2 aromatic carbocycles. The first-order valence-corrected chi connectivity index (χ1v) is 35.4. The van der Waals surface area contributed by atoms with Crippen LogP contribution in [0.3, 0.4) is 0 Å². The number of H-pyrrole nitrogens is 1. The standard InChI is InChI=1S/C65H97N17O25S/c1-31(2)52(63(102)74-40(65(104)105)19-21-50(89)90)80-54(93)33(5)71-58(97)39(18-20-49(87)88)73-48(86)26-68-57(96)42(24-51(91)92)76-61(100)44(28-84)78-62(101)45(29-85)79-64(103)53(32(3)4)81-55(94)34(6)72-59(98)41(23-35-25-67-30-69-35)75-60(99)43(27-83)77-56(95)38(66)15-9-10-22-70-108(106,107)47-17-12-13-36-37(47)14-11-16-46(36)82(7)8/h11-14,16-17,25,30-34,38-45,52-53,70,83-85H,9-10,15,18-24,26-29,66H2,1-8H3,(H,67,69)(H,68,96)(H,71,97)(H,72,98)(H,73,86)(H,74,102)(H,75,99)(H,76,100)(H,77,95)(H,78,101)(H,79,103)(H,80,93)(H,81,94)(H,87,88)(H,89,90)(H,91,92)(H,104,105)/t33-,34-,38-,39-,40-,41-,42-,43-,44-,45-,52-,53-/m0/s1. The number of nitrogens with two attached hydrogens (primary N) is 1. The Bertz CT molecular complexity index is 3810. The van der Waals surface area contributed by atoms with Crippen LogP contribution in [0.4, 0.5) is 5.69 Å². The monoisotopic (exact) mass is 1550 g/mol. The van der Waals surface area contributed by atoms with Crippen molar-refractivity contribution >= 4 is 121 Å². The highest BCUT2D eigenvalue weighted by atomic mass is 32.2. The zero-order chi connectivity index (χ0) is 81.4. The van der Waals surface area contributed by atoms with Gasteiger partial charge in [-0.25, -0.2) is 22.9 Å². The molecule has 43 heteroatoms. The molecule has 0 aliphatic carbocycles. The van der Waals surface area contributed by atoms with E-state index in [2.05, 4.69) is 62.5 Å². The van der Waals surface area contributed by atoms with Crippen LogP contribution >= 0.6 is 0 Å². The third-order valence-electron chi connectivity index (χ3n) is 16.3. The molecule has 1 heterocycles. The lowest BCUT2D eigenvalue weighted by atomic mass is 10.0. The van der Waals surface area contributed by atoms with E-state index in [9.17, 15) is 116 Å². The molecule has 108 heavy (non-hydrogen) atoms. The van der Waals surface area contributed by atoms with E-state index in [1.54, 1.807) is 18.2 Å². The summed E-state index contributed by atoms with van der Waals surface area (Å²) in [4.78, 5) is 216. The molecule has 0 saturated carbocycles. The zero-order valence-corrected chi connectivity index (χ0v) is 61.3. The van der Waals surface area contributed by atoms with Crippen LogP contribution < -0.4 is 79.2 Å². The fourth-order valence-corrected chi connectivity index (χ4v) is 11.5. The van der Waals surface area contributed by atoms with Gasteiger partial charge in [0, 0.05) is 68.3 Å². The topological polar surface area (TPSA) is 663 Å². The van der Waals surface area contributed by atoms with Crippen molar-refractivity contribution in [1.82, 2.24) is 78.5 Å². The molecule has 3 rings (SSSR count). The highest BCUT2D eigenvalue weighted by Crippen LogP contribution is 2.30. The van der Waals surface area contributed by atoms with Crippen LogP contribution in [-0.2, 0) is 93.2 Å². The van der Waals surface area contributed by atoms with Gasteiger partial charge in [0.15, 0.2) is 0 Å². The number of carbonyl (C=O) groups excluding carboxylic acids is 12. The van der Waals surface area contributed by atoms with Crippen LogP contribution in [0.15, 0.2) is 53.8 Å². The number of nitrogens with zero attached hydrogens (tertiary/aromatic N) is 2. The number of aliphatic hydroxyl groups is 3. The van der Waals surface area contributed by atoms with E-state index >= 15 is 0 Å². The number of sulfonamides is 1. The summed E-state index contributed by atoms with van der Waals surface area (Å²) in [6.45, 7) is 3.61. The smallest absolute Gasteiger partial charge is 0.326 e. The molecule has 12 amide bonds. The second kappa shape index (κ2) is 44.2. The Balaban J connectivity index is 1.61. The number of unbranched alkanes of at least 4 members (excludes halogenated alkanes) is 1. The predicted molar refractivity (Wildman–Crippen MR) is 378 cm³/mol. The first kappa shape index (κ1) is 91.2. The van der Waals surface area contributed by atoms with Crippen LogP contribution in [0, 0.1) is 11.8 Å². The lowest BCUT2D eigenvalue weighted by Gasteiger charge is -2.27. The number of aliphatic carboxylic acids is 4. The largest absolute Gasteiger partial charge is 0.481 e. The van der Waals surface area contributed by atoms with E-state index in [1.165, 1.54) is 53.2 Å². The van der Waals surface area contributed by atoms with E-state index in [0.717, 1.165) is 18.0 Å². The van der Waals surface area contributed by atoms with E-state index in [4.69, 9.17) is 10.8 Å². The number of hydrogen-bond acceptors (Lipinski definition) is 24. The molecule has 0 aliphatic rings. The van der Waals surface area contributed by atoms with E-state index in [-0.39, 0.29) is 37.1 Å². The molecular formula is C65H97N17O25S. The molecular weight excluding hydrogens is 1450 g/mol. The van der Waals surface area contributed by atoms with Gasteiger partial charge in [-0.15, -0.1) is 0 Å². The average molecular weight is 1550 g/mol. The predicted octanol–water partition coefficient (Wildman–Crippen LogP) is -7.29. The summed E-state index contributed by atoms with van der Waals surface area (Å²) < 4.78 is 29.3. The molecule has 0 unspecified atom stereocenters. The van der Waals surface area contributed by atoms with Crippen molar-refractivity contribution in [2.75, 3.05) is 51.9 Å². The Labute approximate surface area is 619 Å². The van der Waals surface area contributed by atoms with Crippen LogP contribution in [0.25, 0.3) is 10.8 Å². The van der Waals surface area contributed by atoms with Crippen LogP contribution in [0.2, 0.25) is 0 Å². The highest BCUT2D eigenvalue weighted by Gasteiger charge is 2.37. The normalized spacial score (nSPS) is 14.6. The number of fused-ring (bicyclic) bond motifs is 1. The first-order valence-electron chi connectivity index (χ1n) is 33.9. The Morgan fingerprint density at radius 3 is 1.42 bits per heavy atom. The van der Waals surface area contributed by atoms with Crippen molar-refractivity contribution in [3.05, 3.63) is 54.6 Å². The number of anilines is 1. The summed E-state index contributed by atoms with van der Waals surface area (Å²) in [6.07, 6.45) is -0.897. The maximum atomic E-state index is 13.9. The van der Waals surface area contributed by atoms with Gasteiger partial charge in [0.25, 0.3) is 0 Å². The first-order chi connectivity index (χ1) is 50.7. The molecule has 12 atom stereocenters. The number of carbonyl (C=O) groups is 16. The number of rotatable bonds is 48. The minimum Gasteiger partial charge on any atom is -0.481 e. The summed E-state index contributed by atoms with van der Waals surface area (Å²) in [5, 5.41) is 95.8. The molecule has 42 nitrogen and oxygen atoms in total. The number of benzene rings is 2. The zero-order valence-electron chi connectivity index (χ0n) is 60.5. The third kappa shape index (κ3) is 29.7. The third-order valence-corrected chi connectivity index (χ3v) is 17.8. The lowest BCUT2D eigenvalue weighted by Crippen LogP contribution is -2.62. The minimum atomic E-state index is -3.97. The van der Waals surface area contributed by atoms with Crippen LogP contribution in [-0.4, -0.2) is 268 Å². The van der Waals surface area contributed by atoms with E-state index < -0.39 is 248 Å². The Hall–Kier alpha value is -11.0. The fraction of sp³-hybridized carbons (Fsp3) is 0.554. The van der Waals surface area contributed by atoms with Gasteiger partial charge in [-0.1, -0.05) is 58.4 Å². The van der Waals surface area contributed by atoms with Crippen molar-refractivity contribution in [2.45, 2.75) is 177 Å². The maximum Gasteiger partial charge on any atom is 0.326 e. The van der Waals surface area contributed by atoms with Crippen LogP contribution in [0.5, 0.6) is 0 Å². The molecule has 0 fully saturated rings. The van der Waals surface area contributed by atoms with Gasteiger partial charge in [-0.05, 0) is 63.5 Å². The van der Waals surface area contributed by atoms with Crippen molar-refractivity contribution in [1.29, 1.82) is 0 Å². The molecule has 0 aliphatic heterocycles. The van der Waals surface area contributed by atoms with Gasteiger partial charge in [-0.3, -0.25) is 71.9 Å². The SMILES string of the molecule is CC(C)[C@H](NC(=O)[C@H](C)NC(=O)[C@H](CCC(=O)O)NC(=O)CNC(=O)[C@H](CC(=O)O)NC(=O)[C@H](CO)NC(=O)[C@H](CO)NC(=O)[C@@H](NC(=O)[C@H](C)NC(=O)[C@H](Cc1cnc[nH]1)NC(=O)[C@H](CO)NC(=O)[C@@H](N)CCCCNS(=O)(=O)c1cccc2c(N(C)C)cccc12)C(C)C)C(=O)N[C@@H](CCC(=O)O)C(=O)O. The number of imidazole rings is 1. The summed E-state index contributed by atoms with van der Waals surface area (Å²) in [5.74, 6) is -21.3. The molecule has 0 bridgehead atoms. The Morgan fingerprint density at radius 1 is 0.491 bits per heavy atom. The molecule has 0 radical (unpaired) electrons. The summed E-state index contributed by atoms with van der Waals surface area (Å²) in [5.41, 5.74) is 7.25. The molecule has 23 N–H and O–H groups in total. The van der Waals surface area contributed by atoms with Gasteiger partial charge >= 0.3 is 23.9 Å². The number of carboxylic acid groups (broad SMARTS) is 4. The molecule has 598 valence electrons. The average Bonchev–Trinajstić information content (AvgIpc) is 0.831. The van der Waals surface area contributed by atoms with Gasteiger partial charge in [0.2, 0.25) is 80.9 Å². The highest BCUT2D eigenvalue weighted by molar-refractivity contribution is 7.89. The number of aromatic amines is 1. The number of carboxylic acids is 4. The molecule has 1 aromatic heterocycles. The van der Waals surface area contributed by atoms with Crippen molar-refractivity contribution in [2.24, 2.45) is 17.6 Å². The van der Waals surface area contributed by atoms with Crippen molar-refractivity contribution in [3.8, 4) is 0 Å². The molecule has 3 aromatic rings. The number of nitrogens with one attached hydrogen (secondary N) is 14. The van der Waals surface area contributed by atoms with Crippen molar-refractivity contribution in [3.63, 3.8) is 0 Å². The van der Waals surface area contributed by atoms with E-state index in [0.29, 0.717) is 11.1 Å². The molecule has 0 saturated heterocycles. The molecule has 0 spiro atoms. The van der Waals surface area contributed by atoms with Gasteiger partial charge < -0.3 is 115 Å². The second-order valence-corrected chi connectivity index (χ2v) is 27.5. The lowest BCUT2D eigenvalue weighted by molar-refractivity contribution is -0.144. The van der Waals surface area contributed by atoms with Gasteiger partial charge in [0.05, 0.1) is 50.1 Å². The van der Waals surface area contributed by atoms with Gasteiger partial charge in [0.1, 0.15) is 66.5 Å². The quantitative estimate of drug-likeness (QED) is 0.0234. The second-order valence-electron chi connectivity index (χ2n) is 25.8. The maximum absolute atomic E-state index is 13.9. The summed E-state index contributed by atoms with van der Waals surface area (Å²) in [7, 11) is -0.293. The number of aliphatic hydroxyl groups excluding tert-OH is 3.